The Morgan fingerprint density at radius 2 is 2.15 bits per heavy atom. The summed E-state index contributed by atoms with van der Waals surface area (Å²) in [4.78, 5) is 48.5. The molecular weight excluding hydrogens is 444 g/mol. The number of aromatic nitrogens is 3. The monoisotopic (exact) mass is 470 g/mol. The molecule has 2 aromatic heterocycles. The molecule has 2 N–H and O–H groups in total. The smallest absolute Gasteiger partial charge is 0.273 e. The van der Waals surface area contributed by atoms with E-state index < -0.39 is 0 Å². The van der Waals surface area contributed by atoms with Crippen LogP contribution in [-0.4, -0.2) is 53.6 Å². The number of piperidine rings is 1. The second-order valence-electron chi connectivity index (χ2n) is 7.98. The van der Waals surface area contributed by atoms with Crippen LogP contribution >= 0.6 is 11.3 Å². The van der Waals surface area contributed by atoms with Gasteiger partial charge in [-0.2, -0.15) is 4.98 Å². The average Bonchev–Trinajstić information content (AvgIpc) is 3.26. The number of fused-ring (bicyclic) bond motifs is 1. The molecule has 11 heteroatoms. The van der Waals surface area contributed by atoms with Gasteiger partial charge in [-0.25, -0.2) is 4.98 Å². The number of anilines is 2. The maximum absolute atomic E-state index is 13.0. The lowest BCUT2D eigenvalue weighted by atomic mass is 9.98. The Morgan fingerprint density at radius 3 is 2.91 bits per heavy atom. The molecule has 0 bridgehead atoms. The third kappa shape index (κ3) is 4.82. The highest BCUT2D eigenvalue weighted by molar-refractivity contribution is 7.22. The van der Waals surface area contributed by atoms with Gasteiger partial charge < -0.3 is 20.3 Å². The van der Waals surface area contributed by atoms with Gasteiger partial charge >= 0.3 is 0 Å². The van der Waals surface area contributed by atoms with E-state index in [0.717, 1.165) is 24.9 Å². The molecule has 3 aromatic rings. The van der Waals surface area contributed by atoms with Crippen LogP contribution in [0.15, 0.2) is 29.3 Å². The van der Waals surface area contributed by atoms with Crippen molar-refractivity contribution in [3.8, 4) is 5.75 Å². The molecule has 0 saturated carbocycles. The van der Waals surface area contributed by atoms with E-state index in [-0.39, 0.29) is 29.8 Å². The maximum Gasteiger partial charge on any atom is 0.273 e. The van der Waals surface area contributed by atoms with E-state index in [1.807, 2.05) is 17.9 Å². The van der Waals surface area contributed by atoms with Crippen molar-refractivity contribution >= 4 is 44.3 Å². The number of methoxy groups -OCH3 is 1. The number of hydrogen-bond acceptors (Lipinski definition) is 8. The van der Waals surface area contributed by atoms with Crippen LogP contribution < -0.4 is 25.8 Å². The van der Waals surface area contributed by atoms with Gasteiger partial charge in [0, 0.05) is 20.1 Å². The minimum absolute atomic E-state index is 0.0116. The molecule has 1 atom stereocenters. The molecule has 0 unspecified atom stereocenters. The van der Waals surface area contributed by atoms with Crippen molar-refractivity contribution in [1.29, 1.82) is 0 Å². The number of thiazole rings is 1. The zero-order valence-electron chi connectivity index (χ0n) is 18.8. The van der Waals surface area contributed by atoms with Crippen molar-refractivity contribution in [2.45, 2.75) is 26.3 Å². The predicted octanol–water partition coefficient (Wildman–Crippen LogP) is 1.77. The summed E-state index contributed by atoms with van der Waals surface area (Å²) < 4.78 is 6.94. The quantitative estimate of drug-likeness (QED) is 0.564. The Balaban J connectivity index is 1.53. The molecule has 174 valence electrons. The molecule has 4 rings (SSSR count). The van der Waals surface area contributed by atoms with Crippen molar-refractivity contribution < 1.29 is 14.3 Å². The molecule has 0 aliphatic carbocycles. The Hall–Kier alpha value is -3.47. The fourth-order valence-corrected chi connectivity index (χ4v) is 4.92. The Bertz CT molecular complexity index is 1250. The standard InChI is InChI=1S/C22H26N6O4S/c1-13-6-7-16(32-3)15(9-13)25-17(29)11-28-12-24-19-18(21(28)31)33-22(26-19)27-8-4-5-14(10-27)20(30)23-2/h6-7,9,12,14H,4-5,8,10-11H2,1-3H3,(H,23,30)(H,25,29)/t14-/m1/s1. The maximum atomic E-state index is 13.0. The Morgan fingerprint density at radius 1 is 1.33 bits per heavy atom. The first kappa shape index (κ1) is 22.7. The van der Waals surface area contributed by atoms with E-state index in [1.165, 1.54) is 29.3 Å². The summed E-state index contributed by atoms with van der Waals surface area (Å²) >= 11 is 1.24. The molecular formula is C22H26N6O4S. The lowest BCUT2D eigenvalue weighted by Gasteiger charge is -2.31. The van der Waals surface area contributed by atoms with Crippen molar-refractivity contribution in [2.24, 2.45) is 5.92 Å². The number of benzene rings is 1. The molecule has 0 radical (unpaired) electrons. The van der Waals surface area contributed by atoms with E-state index in [9.17, 15) is 14.4 Å². The van der Waals surface area contributed by atoms with E-state index >= 15 is 0 Å². The molecule has 1 aliphatic heterocycles. The summed E-state index contributed by atoms with van der Waals surface area (Å²) in [5, 5.41) is 6.16. The number of hydrogen-bond donors (Lipinski definition) is 2. The highest BCUT2D eigenvalue weighted by Gasteiger charge is 2.27. The van der Waals surface area contributed by atoms with E-state index in [2.05, 4.69) is 20.6 Å². The molecule has 1 fully saturated rings. The Kier molecular flexibility index (Phi) is 6.59. The molecule has 0 spiro atoms. The van der Waals surface area contributed by atoms with Crippen LogP contribution in [0.5, 0.6) is 5.75 Å². The van der Waals surface area contributed by atoms with Crippen molar-refractivity contribution in [3.63, 3.8) is 0 Å². The predicted molar refractivity (Wildman–Crippen MR) is 127 cm³/mol. The number of carbonyl (C=O) groups excluding carboxylic acids is 2. The van der Waals surface area contributed by atoms with Crippen molar-refractivity contribution in [2.75, 3.05) is 37.5 Å². The second-order valence-corrected chi connectivity index (χ2v) is 8.96. The molecule has 1 saturated heterocycles. The molecule has 3 heterocycles. The van der Waals surface area contributed by atoms with Gasteiger partial charge in [-0.15, -0.1) is 0 Å². The lowest BCUT2D eigenvalue weighted by Crippen LogP contribution is -2.42. The van der Waals surface area contributed by atoms with Crippen LogP contribution in [0.1, 0.15) is 18.4 Å². The van der Waals surface area contributed by atoms with Gasteiger partial charge in [0.05, 0.1) is 18.7 Å². The number of ether oxygens (including phenoxy) is 1. The first-order chi connectivity index (χ1) is 15.9. The number of nitrogens with one attached hydrogen (secondary N) is 2. The third-order valence-electron chi connectivity index (χ3n) is 5.62. The van der Waals surface area contributed by atoms with E-state index in [0.29, 0.717) is 33.5 Å². The third-order valence-corrected chi connectivity index (χ3v) is 6.72. The Labute approximate surface area is 194 Å². The number of aryl methyl sites for hydroxylation is 1. The summed E-state index contributed by atoms with van der Waals surface area (Å²) in [7, 11) is 3.17. The zero-order valence-corrected chi connectivity index (χ0v) is 19.6. The number of rotatable bonds is 6. The van der Waals surface area contributed by atoms with Crippen LogP contribution in [0.2, 0.25) is 0 Å². The van der Waals surface area contributed by atoms with Gasteiger partial charge in [-0.1, -0.05) is 17.4 Å². The molecule has 1 aromatic carbocycles. The first-order valence-corrected chi connectivity index (χ1v) is 11.5. The van der Waals surface area contributed by atoms with Crippen molar-refractivity contribution in [3.05, 3.63) is 40.4 Å². The minimum atomic E-state index is -0.365. The molecule has 2 amide bonds. The summed E-state index contributed by atoms with van der Waals surface area (Å²) in [6.07, 6.45) is 3.03. The number of nitrogens with zero attached hydrogens (tertiary/aromatic N) is 4. The molecule has 1 aliphatic rings. The minimum Gasteiger partial charge on any atom is -0.495 e. The number of carbonyl (C=O) groups is 2. The average molecular weight is 471 g/mol. The normalized spacial score (nSPS) is 16.0. The summed E-state index contributed by atoms with van der Waals surface area (Å²) in [6, 6.07) is 5.47. The SMILES string of the molecule is CNC(=O)[C@@H]1CCCN(c2nc3ncn(CC(=O)Nc4cc(C)ccc4OC)c(=O)c3s2)C1. The highest BCUT2D eigenvalue weighted by atomic mass is 32.1. The zero-order chi connectivity index (χ0) is 23.5. The van der Waals surface area contributed by atoms with Crippen LogP contribution in [0, 0.1) is 12.8 Å². The van der Waals surface area contributed by atoms with E-state index in [4.69, 9.17) is 4.74 Å². The summed E-state index contributed by atoms with van der Waals surface area (Å²) in [5.74, 6) is 0.0788. The topological polar surface area (TPSA) is 118 Å². The molecule has 33 heavy (non-hydrogen) atoms. The first-order valence-electron chi connectivity index (χ1n) is 10.7. The molecule has 10 nitrogen and oxygen atoms in total. The van der Waals surface area contributed by atoms with Gasteiger partial charge in [-0.3, -0.25) is 19.0 Å². The summed E-state index contributed by atoms with van der Waals surface area (Å²) in [5.41, 5.74) is 1.54. The van der Waals surface area contributed by atoms with Crippen LogP contribution in [0.25, 0.3) is 10.3 Å². The van der Waals surface area contributed by atoms with Gasteiger partial charge in [0.1, 0.15) is 23.3 Å². The highest BCUT2D eigenvalue weighted by Crippen LogP contribution is 2.29. The summed E-state index contributed by atoms with van der Waals surface area (Å²) in [6.45, 7) is 3.04. The number of amides is 2. The van der Waals surface area contributed by atoms with Crippen LogP contribution in [0.3, 0.4) is 0 Å². The van der Waals surface area contributed by atoms with Gasteiger partial charge in [0.15, 0.2) is 10.8 Å². The van der Waals surface area contributed by atoms with Gasteiger partial charge in [0.25, 0.3) is 5.56 Å². The van der Waals surface area contributed by atoms with Crippen LogP contribution in [-0.2, 0) is 16.1 Å². The van der Waals surface area contributed by atoms with Gasteiger partial charge in [-0.05, 0) is 37.5 Å². The van der Waals surface area contributed by atoms with E-state index in [1.54, 1.807) is 19.2 Å². The fraction of sp³-hybridized carbons (Fsp3) is 0.409. The van der Waals surface area contributed by atoms with Gasteiger partial charge in [0.2, 0.25) is 11.8 Å². The van der Waals surface area contributed by atoms with Crippen molar-refractivity contribution in [1.82, 2.24) is 19.9 Å². The largest absolute Gasteiger partial charge is 0.495 e. The lowest BCUT2D eigenvalue weighted by molar-refractivity contribution is -0.124. The van der Waals surface area contributed by atoms with Crippen LogP contribution in [0.4, 0.5) is 10.8 Å². The second kappa shape index (κ2) is 9.57. The fourth-order valence-electron chi connectivity index (χ4n) is 3.92.